The number of rotatable bonds is 5. The van der Waals surface area contributed by atoms with Crippen LogP contribution in [0.4, 0.5) is 14.9 Å². The summed E-state index contributed by atoms with van der Waals surface area (Å²) < 4.78 is 15.6. The minimum absolute atomic E-state index is 0.0738. The number of nitrogens with one attached hydrogen (secondary N) is 2. The van der Waals surface area contributed by atoms with Crippen molar-refractivity contribution in [2.45, 2.75) is 32.0 Å². The first-order chi connectivity index (χ1) is 16.8. The van der Waals surface area contributed by atoms with Gasteiger partial charge in [0.1, 0.15) is 11.9 Å². The molecule has 0 saturated carbocycles. The predicted octanol–water partition coefficient (Wildman–Crippen LogP) is 4.70. The summed E-state index contributed by atoms with van der Waals surface area (Å²) >= 11 is 5.80. The summed E-state index contributed by atoms with van der Waals surface area (Å²) in [6.45, 7) is 1.41. The molecule has 35 heavy (non-hydrogen) atoms. The van der Waals surface area contributed by atoms with Gasteiger partial charge in [0, 0.05) is 42.1 Å². The molecule has 3 amide bonds. The number of amides is 3. The van der Waals surface area contributed by atoms with Crippen LogP contribution < -0.4 is 10.6 Å². The van der Waals surface area contributed by atoms with Crippen molar-refractivity contribution in [3.05, 3.63) is 75.5 Å². The second-order valence-corrected chi connectivity index (χ2v) is 8.42. The smallest absolute Gasteiger partial charge is 0.322 e. The first-order valence-electron chi connectivity index (χ1n) is 10.7. The van der Waals surface area contributed by atoms with Crippen molar-refractivity contribution in [2.75, 3.05) is 11.9 Å². The molecule has 0 spiro atoms. The van der Waals surface area contributed by atoms with Crippen molar-refractivity contribution in [3.63, 3.8) is 0 Å². The molecule has 180 valence electrons. The Morgan fingerprint density at radius 3 is 2.74 bits per heavy atom. The van der Waals surface area contributed by atoms with E-state index in [1.807, 2.05) is 0 Å². The SMILES string of the molecule is CC(=O)n1cc(NC(=O)N2CC[C@@H](N=[N+]=[N-])[C@H]2C(=O)NCc2cccc(Cl)c2F)c2ccccc21. The van der Waals surface area contributed by atoms with Crippen LogP contribution in [0, 0.1) is 5.82 Å². The summed E-state index contributed by atoms with van der Waals surface area (Å²) in [7, 11) is 0. The lowest BCUT2D eigenvalue weighted by Crippen LogP contribution is -2.50. The van der Waals surface area contributed by atoms with Crippen LogP contribution in [0.2, 0.25) is 5.02 Å². The zero-order chi connectivity index (χ0) is 25.1. The molecule has 12 heteroatoms. The molecule has 0 radical (unpaired) electrons. The highest BCUT2D eigenvalue weighted by molar-refractivity contribution is 6.30. The molecule has 2 aromatic carbocycles. The zero-order valence-electron chi connectivity index (χ0n) is 18.6. The molecule has 0 aliphatic carbocycles. The van der Waals surface area contributed by atoms with Crippen LogP contribution in [-0.2, 0) is 11.3 Å². The van der Waals surface area contributed by atoms with Crippen molar-refractivity contribution in [3.8, 4) is 0 Å². The Labute approximate surface area is 204 Å². The number of anilines is 1. The largest absolute Gasteiger partial charge is 0.350 e. The van der Waals surface area contributed by atoms with E-state index in [0.717, 1.165) is 0 Å². The van der Waals surface area contributed by atoms with Gasteiger partial charge in [-0.15, -0.1) is 0 Å². The molecule has 2 heterocycles. The number of para-hydroxylation sites is 1. The highest BCUT2D eigenvalue weighted by Crippen LogP contribution is 2.28. The number of fused-ring (bicyclic) bond motifs is 1. The molecule has 1 fully saturated rings. The molecule has 1 aromatic heterocycles. The van der Waals surface area contributed by atoms with E-state index in [2.05, 4.69) is 20.7 Å². The van der Waals surface area contributed by atoms with Gasteiger partial charge in [0.15, 0.2) is 0 Å². The van der Waals surface area contributed by atoms with Gasteiger partial charge in [0.2, 0.25) is 11.8 Å². The van der Waals surface area contributed by atoms with E-state index in [0.29, 0.717) is 16.6 Å². The molecule has 0 bridgehead atoms. The molecule has 3 aromatic rings. The Bertz CT molecular complexity index is 1370. The van der Waals surface area contributed by atoms with Crippen molar-refractivity contribution in [1.82, 2.24) is 14.8 Å². The maximum atomic E-state index is 14.2. The zero-order valence-corrected chi connectivity index (χ0v) is 19.4. The van der Waals surface area contributed by atoms with Crippen LogP contribution in [0.25, 0.3) is 21.3 Å². The molecule has 2 N–H and O–H groups in total. The molecule has 1 aliphatic heterocycles. The Balaban J connectivity index is 1.56. The predicted molar refractivity (Wildman–Crippen MR) is 129 cm³/mol. The number of carbonyl (C=O) groups is 3. The standard InChI is InChI=1S/C23H21ClFN7O3/c1-13(33)32-12-18(15-6-2-3-8-19(15)32)28-23(35)31-10-9-17(29-30-26)21(31)22(34)27-11-14-5-4-7-16(24)20(14)25/h2-8,12,17,21H,9-11H2,1H3,(H,27,34)(H,28,35)/t17-,21+/m1/s1. The molecular weight excluding hydrogens is 477 g/mol. The number of benzene rings is 2. The van der Waals surface area contributed by atoms with Gasteiger partial charge in [-0.25, -0.2) is 9.18 Å². The molecule has 0 unspecified atom stereocenters. The van der Waals surface area contributed by atoms with E-state index in [4.69, 9.17) is 17.1 Å². The Morgan fingerprint density at radius 1 is 1.23 bits per heavy atom. The lowest BCUT2D eigenvalue weighted by atomic mass is 10.1. The fraction of sp³-hybridized carbons (Fsp3) is 0.261. The van der Waals surface area contributed by atoms with Crippen LogP contribution in [0.15, 0.2) is 53.8 Å². The molecule has 4 rings (SSSR count). The van der Waals surface area contributed by atoms with E-state index < -0.39 is 29.8 Å². The summed E-state index contributed by atoms with van der Waals surface area (Å²) in [5.74, 6) is -1.47. The normalized spacial score (nSPS) is 17.2. The van der Waals surface area contributed by atoms with E-state index in [1.54, 1.807) is 30.3 Å². The van der Waals surface area contributed by atoms with Crippen LogP contribution >= 0.6 is 11.6 Å². The van der Waals surface area contributed by atoms with Gasteiger partial charge in [-0.1, -0.05) is 47.0 Å². The topological polar surface area (TPSA) is 132 Å². The molecular formula is C23H21ClFN7O3. The molecule has 1 saturated heterocycles. The fourth-order valence-corrected chi connectivity index (χ4v) is 4.40. The third kappa shape index (κ3) is 4.77. The maximum absolute atomic E-state index is 14.2. The highest BCUT2D eigenvalue weighted by Gasteiger charge is 2.41. The van der Waals surface area contributed by atoms with Crippen molar-refractivity contribution in [2.24, 2.45) is 5.11 Å². The third-order valence-electron chi connectivity index (χ3n) is 5.87. The number of hydrogen-bond donors (Lipinski definition) is 2. The third-order valence-corrected chi connectivity index (χ3v) is 6.16. The maximum Gasteiger partial charge on any atom is 0.322 e. The summed E-state index contributed by atoms with van der Waals surface area (Å²) in [4.78, 5) is 42.3. The van der Waals surface area contributed by atoms with Gasteiger partial charge in [-0.3, -0.25) is 14.2 Å². The van der Waals surface area contributed by atoms with E-state index >= 15 is 0 Å². The van der Waals surface area contributed by atoms with Crippen molar-refractivity contribution < 1.29 is 18.8 Å². The number of carbonyl (C=O) groups excluding carboxylic acids is 3. The number of hydrogen-bond acceptors (Lipinski definition) is 4. The monoisotopic (exact) mass is 497 g/mol. The average Bonchev–Trinajstić information content (AvgIpc) is 3.42. The lowest BCUT2D eigenvalue weighted by Gasteiger charge is -2.26. The Kier molecular flexibility index (Phi) is 6.90. The molecule has 10 nitrogen and oxygen atoms in total. The van der Waals surface area contributed by atoms with Gasteiger partial charge in [-0.2, -0.15) is 0 Å². The second-order valence-electron chi connectivity index (χ2n) is 8.01. The Hall–Kier alpha value is -4.08. The first kappa shape index (κ1) is 24.1. The number of likely N-dealkylation sites (tertiary alicyclic amines) is 1. The molecule has 1 aliphatic rings. The number of halogens is 2. The van der Waals surface area contributed by atoms with E-state index in [9.17, 15) is 18.8 Å². The van der Waals surface area contributed by atoms with Gasteiger partial charge >= 0.3 is 6.03 Å². The summed E-state index contributed by atoms with van der Waals surface area (Å²) in [5.41, 5.74) is 10.1. The number of aromatic nitrogens is 1. The highest BCUT2D eigenvalue weighted by atomic mass is 35.5. The quantitative estimate of drug-likeness (QED) is 0.301. The first-order valence-corrected chi connectivity index (χ1v) is 11.1. The minimum Gasteiger partial charge on any atom is -0.350 e. The number of azide groups is 1. The second kappa shape index (κ2) is 10.0. The van der Waals surface area contributed by atoms with Gasteiger partial charge in [0.25, 0.3) is 0 Å². The van der Waals surface area contributed by atoms with Gasteiger partial charge < -0.3 is 15.5 Å². The average molecular weight is 498 g/mol. The van der Waals surface area contributed by atoms with Crippen molar-refractivity contribution in [1.29, 1.82) is 0 Å². The van der Waals surface area contributed by atoms with Crippen LogP contribution in [0.1, 0.15) is 23.7 Å². The lowest BCUT2D eigenvalue weighted by molar-refractivity contribution is -0.125. The summed E-state index contributed by atoms with van der Waals surface area (Å²) in [6, 6.07) is 9.02. The van der Waals surface area contributed by atoms with E-state index in [-0.39, 0.29) is 36.0 Å². The van der Waals surface area contributed by atoms with Crippen LogP contribution in [0.3, 0.4) is 0 Å². The Morgan fingerprint density at radius 2 is 2.00 bits per heavy atom. The van der Waals surface area contributed by atoms with Crippen LogP contribution in [0.5, 0.6) is 0 Å². The number of urea groups is 1. The van der Waals surface area contributed by atoms with Crippen LogP contribution in [-0.4, -0.2) is 45.9 Å². The minimum atomic E-state index is -1.10. The van der Waals surface area contributed by atoms with Crippen molar-refractivity contribution >= 4 is 46.0 Å². The van der Waals surface area contributed by atoms with Gasteiger partial charge in [-0.05, 0) is 24.1 Å². The molecule has 2 atom stereocenters. The number of nitrogens with zero attached hydrogens (tertiary/aromatic N) is 5. The van der Waals surface area contributed by atoms with Gasteiger partial charge in [0.05, 0.1) is 22.3 Å². The fourth-order valence-electron chi connectivity index (χ4n) is 4.21. The van der Waals surface area contributed by atoms with E-state index in [1.165, 1.54) is 34.7 Å². The summed E-state index contributed by atoms with van der Waals surface area (Å²) in [5, 5.41) is 9.63. The summed E-state index contributed by atoms with van der Waals surface area (Å²) in [6.07, 6.45) is 1.79.